The van der Waals surface area contributed by atoms with Crippen molar-refractivity contribution in [3.05, 3.63) is 29.1 Å². The van der Waals surface area contributed by atoms with Gasteiger partial charge in [-0.1, -0.05) is 12.8 Å². The first-order valence-electron chi connectivity index (χ1n) is 7.85. The van der Waals surface area contributed by atoms with E-state index in [0.29, 0.717) is 5.92 Å². The molecule has 1 aliphatic carbocycles. The van der Waals surface area contributed by atoms with Crippen molar-refractivity contribution in [1.29, 1.82) is 0 Å². The van der Waals surface area contributed by atoms with E-state index in [-0.39, 0.29) is 11.7 Å². The molecule has 0 bridgehead atoms. The average molecular weight is 275 g/mol. The van der Waals surface area contributed by atoms with Crippen molar-refractivity contribution in [2.45, 2.75) is 64.1 Å². The van der Waals surface area contributed by atoms with E-state index in [9.17, 15) is 5.11 Å². The third-order valence-electron chi connectivity index (χ3n) is 4.94. The Morgan fingerprint density at radius 3 is 2.55 bits per heavy atom. The molecule has 20 heavy (non-hydrogen) atoms. The molecular weight excluding hydrogens is 250 g/mol. The second kappa shape index (κ2) is 5.45. The molecule has 2 heterocycles. The lowest BCUT2D eigenvalue weighted by Crippen LogP contribution is -2.39. The molecule has 2 aliphatic rings. The highest BCUT2D eigenvalue weighted by Gasteiger charge is 2.41. The Labute approximate surface area is 121 Å². The van der Waals surface area contributed by atoms with Crippen LogP contribution >= 0.6 is 0 Å². The molecule has 1 aliphatic heterocycles. The number of pyridine rings is 1. The zero-order valence-corrected chi connectivity index (χ0v) is 12.6. The van der Waals surface area contributed by atoms with Gasteiger partial charge < -0.3 is 9.84 Å². The molecule has 2 unspecified atom stereocenters. The summed E-state index contributed by atoms with van der Waals surface area (Å²) in [7, 11) is 0. The molecule has 0 amide bonds. The number of aryl methyl sites for hydroxylation is 2. The molecule has 1 N–H and O–H groups in total. The van der Waals surface area contributed by atoms with E-state index in [1.165, 1.54) is 25.7 Å². The highest BCUT2D eigenvalue weighted by molar-refractivity contribution is 5.23. The summed E-state index contributed by atoms with van der Waals surface area (Å²) < 4.78 is 6.07. The number of ether oxygens (including phenoxy) is 1. The van der Waals surface area contributed by atoms with Crippen molar-refractivity contribution in [1.82, 2.24) is 4.98 Å². The molecule has 2 atom stereocenters. The summed E-state index contributed by atoms with van der Waals surface area (Å²) in [6.45, 7) is 4.78. The number of aromatic nitrogens is 1. The van der Waals surface area contributed by atoms with E-state index < -0.39 is 0 Å². The quantitative estimate of drug-likeness (QED) is 0.898. The van der Waals surface area contributed by atoms with Crippen molar-refractivity contribution in [3.8, 4) is 0 Å². The van der Waals surface area contributed by atoms with Crippen LogP contribution in [0.5, 0.6) is 0 Å². The van der Waals surface area contributed by atoms with Crippen LogP contribution in [0.4, 0.5) is 0 Å². The van der Waals surface area contributed by atoms with E-state index in [0.717, 1.165) is 36.4 Å². The lowest BCUT2D eigenvalue weighted by atomic mass is 9.80. The van der Waals surface area contributed by atoms with Crippen LogP contribution in [0.1, 0.15) is 61.6 Å². The predicted molar refractivity (Wildman–Crippen MR) is 78.5 cm³/mol. The van der Waals surface area contributed by atoms with Crippen LogP contribution in [-0.4, -0.2) is 22.3 Å². The molecule has 1 saturated heterocycles. The highest BCUT2D eigenvalue weighted by Crippen LogP contribution is 2.45. The van der Waals surface area contributed by atoms with Crippen LogP contribution in [0.2, 0.25) is 0 Å². The van der Waals surface area contributed by atoms with Crippen LogP contribution in [0, 0.1) is 19.8 Å². The normalized spacial score (nSPS) is 26.9. The third kappa shape index (κ3) is 2.75. The first-order chi connectivity index (χ1) is 9.58. The van der Waals surface area contributed by atoms with Crippen LogP contribution in [0.3, 0.4) is 0 Å². The van der Waals surface area contributed by atoms with E-state index in [1.807, 2.05) is 26.0 Å². The summed E-state index contributed by atoms with van der Waals surface area (Å²) in [6, 6.07) is 4.04. The Balaban J connectivity index is 1.77. The Kier molecular flexibility index (Phi) is 3.83. The highest BCUT2D eigenvalue weighted by atomic mass is 16.5. The van der Waals surface area contributed by atoms with Gasteiger partial charge in [0, 0.05) is 18.0 Å². The average Bonchev–Trinajstić information content (AvgIpc) is 2.85. The summed E-state index contributed by atoms with van der Waals surface area (Å²) in [5.41, 5.74) is 3.07. The Morgan fingerprint density at radius 1 is 1.25 bits per heavy atom. The fraction of sp³-hybridized carbons (Fsp3) is 0.706. The van der Waals surface area contributed by atoms with E-state index in [1.54, 1.807) is 0 Å². The second-order valence-corrected chi connectivity index (χ2v) is 6.62. The largest absolute Gasteiger partial charge is 0.388 e. The number of aliphatic hydroxyl groups is 1. The van der Waals surface area contributed by atoms with Crippen molar-refractivity contribution in [2.24, 2.45) is 5.92 Å². The van der Waals surface area contributed by atoms with Crippen LogP contribution < -0.4 is 0 Å². The van der Waals surface area contributed by atoms with Crippen molar-refractivity contribution in [3.63, 3.8) is 0 Å². The minimum absolute atomic E-state index is 0.0705. The van der Waals surface area contributed by atoms with Crippen molar-refractivity contribution >= 4 is 0 Å². The maximum absolute atomic E-state index is 10.8. The molecule has 110 valence electrons. The van der Waals surface area contributed by atoms with Gasteiger partial charge in [-0.3, -0.25) is 4.98 Å². The van der Waals surface area contributed by atoms with Gasteiger partial charge in [-0.2, -0.15) is 0 Å². The van der Waals surface area contributed by atoms with Crippen molar-refractivity contribution < 1.29 is 9.84 Å². The van der Waals surface area contributed by atoms with Crippen LogP contribution in [0.25, 0.3) is 0 Å². The first kappa shape index (κ1) is 14.0. The molecule has 3 nitrogen and oxygen atoms in total. The minimum atomic E-state index is -0.378. The molecule has 1 spiro atoms. The standard InChI is InChI=1S/C17H25NO2/c1-12-9-15(10-13(2)18-12)16(19)14-5-8-20-17(11-14)6-3-4-7-17/h9-10,14,16,19H,3-8,11H2,1-2H3. The summed E-state index contributed by atoms with van der Waals surface area (Å²) in [5, 5.41) is 10.8. The summed E-state index contributed by atoms with van der Waals surface area (Å²) in [5.74, 6) is 0.322. The lowest BCUT2D eigenvalue weighted by molar-refractivity contribution is -0.113. The fourth-order valence-corrected chi connectivity index (χ4v) is 4.01. The number of nitrogens with zero attached hydrogens (tertiary/aromatic N) is 1. The Hall–Kier alpha value is -0.930. The molecule has 2 fully saturated rings. The van der Waals surface area contributed by atoms with Gasteiger partial charge in [0.05, 0.1) is 11.7 Å². The minimum Gasteiger partial charge on any atom is -0.388 e. The Morgan fingerprint density at radius 2 is 1.90 bits per heavy atom. The molecular formula is C17H25NO2. The number of rotatable bonds is 2. The van der Waals surface area contributed by atoms with Gasteiger partial charge in [0.2, 0.25) is 0 Å². The first-order valence-corrected chi connectivity index (χ1v) is 7.85. The predicted octanol–water partition coefficient (Wildman–Crippen LogP) is 3.47. The lowest BCUT2D eigenvalue weighted by Gasteiger charge is -2.40. The van der Waals surface area contributed by atoms with Gasteiger partial charge in [0.1, 0.15) is 0 Å². The number of hydrogen-bond acceptors (Lipinski definition) is 3. The monoisotopic (exact) mass is 275 g/mol. The van der Waals surface area contributed by atoms with E-state index in [4.69, 9.17) is 4.74 Å². The zero-order valence-electron chi connectivity index (χ0n) is 12.6. The van der Waals surface area contributed by atoms with Gasteiger partial charge in [0.25, 0.3) is 0 Å². The van der Waals surface area contributed by atoms with Gasteiger partial charge in [-0.05, 0) is 63.1 Å². The van der Waals surface area contributed by atoms with Crippen molar-refractivity contribution in [2.75, 3.05) is 6.61 Å². The van der Waals surface area contributed by atoms with Gasteiger partial charge >= 0.3 is 0 Å². The second-order valence-electron chi connectivity index (χ2n) is 6.62. The molecule has 1 aromatic rings. The zero-order chi connectivity index (χ0) is 14.2. The van der Waals surface area contributed by atoms with E-state index in [2.05, 4.69) is 4.98 Å². The van der Waals surface area contributed by atoms with E-state index >= 15 is 0 Å². The fourth-order valence-electron chi connectivity index (χ4n) is 4.01. The molecule has 1 saturated carbocycles. The summed E-state index contributed by atoms with van der Waals surface area (Å²) in [6.07, 6.45) is 6.48. The SMILES string of the molecule is Cc1cc(C(O)C2CCOC3(CCCC3)C2)cc(C)n1. The summed E-state index contributed by atoms with van der Waals surface area (Å²) >= 11 is 0. The van der Waals surface area contributed by atoms with Crippen LogP contribution in [-0.2, 0) is 4.74 Å². The van der Waals surface area contributed by atoms with Gasteiger partial charge in [0.15, 0.2) is 0 Å². The van der Waals surface area contributed by atoms with Gasteiger partial charge in [-0.15, -0.1) is 0 Å². The molecule has 1 aromatic heterocycles. The van der Waals surface area contributed by atoms with Gasteiger partial charge in [-0.25, -0.2) is 0 Å². The maximum Gasteiger partial charge on any atom is 0.0821 e. The third-order valence-corrected chi connectivity index (χ3v) is 4.94. The molecule has 3 heteroatoms. The Bertz CT molecular complexity index is 460. The molecule has 3 rings (SSSR count). The summed E-state index contributed by atoms with van der Waals surface area (Å²) in [4.78, 5) is 4.40. The maximum atomic E-state index is 10.8. The topological polar surface area (TPSA) is 42.4 Å². The number of hydrogen-bond donors (Lipinski definition) is 1. The molecule has 0 aromatic carbocycles. The molecule has 0 radical (unpaired) electrons. The van der Waals surface area contributed by atoms with Crippen LogP contribution in [0.15, 0.2) is 12.1 Å². The number of aliphatic hydroxyl groups excluding tert-OH is 1. The smallest absolute Gasteiger partial charge is 0.0821 e.